The molecule has 0 bridgehead atoms. The van der Waals surface area contributed by atoms with Crippen LogP contribution in [0.4, 0.5) is 5.69 Å². The molecule has 1 aromatic carbocycles. The van der Waals surface area contributed by atoms with Gasteiger partial charge in [-0.15, -0.1) is 0 Å². The zero-order valence-electron chi connectivity index (χ0n) is 10.4. The van der Waals surface area contributed by atoms with Crippen molar-refractivity contribution >= 4 is 23.2 Å². The number of nitro benzene ring substituents is 1. The number of piperazine rings is 1. The maximum absolute atomic E-state index is 12.4. The quantitative estimate of drug-likeness (QED) is 0.662. The van der Waals surface area contributed by atoms with Gasteiger partial charge >= 0.3 is 0 Å². The van der Waals surface area contributed by atoms with Gasteiger partial charge in [-0.05, 0) is 13.0 Å². The molecule has 6 nitrogen and oxygen atoms in total. The number of rotatable bonds is 2. The second-order valence-electron chi connectivity index (χ2n) is 4.47. The van der Waals surface area contributed by atoms with Crippen LogP contribution in [0, 0.1) is 10.1 Å². The molecule has 7 heteroatoms. The standard InChI is InChI=1S/C12H14ClN3O3/c1-8-7-14-4-5-15(8)12(17)10-3-2-9(16(18)19)6-11(10)13/h2-3,6,8,14H,4-5,7H2,1H3. The predicted molar refractivity (Wildman–Crippen MR) is 71.5 cm³/mol. The van der Waals surface area contributed by atoms with E-state index in [0.29, 0.717) is 12.1 Å². The first-order valence-electron chi connectivity index (χ1n) is 5.96. The first-order chi connectivity index (χ1) is 9.00. The smallest absolute Gasteiger partial charge is 0.270 e. The highest BCUT2D eigenvalue weighted by atomic mass is 35.5. The van der Waals surface area contributed by atoms with Gasteiger partial charge in [0.2, 0.25) is 0 Å². The van der Waals surface area contributed by atoms with E-state index in [1.807, 2.05) is 6.92 Å². The Morgan fingerprint density at radius 3 is 2.89 bits per heavy atom. The van der Waals surface area contributed by atoms with Crippen molar-refractivity contribution < 1.29 is 9.72 Å². The third-order valence-corrected chi connectivity index (χ3v) is 3.47. The van der Waals surface area contributed by atoms with Crippen LogP contribution in [0.3, 0.4) is 0 Å². The number of carbonyl (C=O) groups is 1. The fraction of sp³-hybridized carbons (Fsp3) is 0.417. The Kier molecular flexibility index (Phi) is 4.01. The lowest BCUT2D eigenvalue weighted by Crippen LogP contribution is -2.52. The van der Waals surface area contributed by atoms with Crippen molar-refractivity contribution in [1.29, 1.82) is 0 Å². The summed E-state index contributed by atoms with van der Waals surface area (Å²) in [5.74, 6) is -0.186. The van der Waals surface area contributed by atoms with E-state index in [2.05, 4.69) is 5.32 Å². The molecule has 1 atom stereocenters. The molecule has 0 radical (unpaired) electrons. The highest BCUT2D eigenvalue weighted by Crippen LogP contribution is 2.24. The maximum Gasteiger partial charge on any atom is 0.270 e. The average molecular weight is 284 g/mol. The minimum atomic E-state index is -0.534. The third kappa shape index (κ3) is 2.85. The summed E-state index contributed by atoms with van der Waals surface area (Å²) < 4.78 is 0. The molecule has 0 saturated carbocycles. The first-order valence-corrected chi connectivity index (χ1v) is 6.34. The lowest BCUT2D eigenvalue weighted by Gasteiger charge is -2.34. The van der Waals surface area contributed by atoms with Crippen LogP contribution in [-0.4, -0.2) is 41.4 Å². The van der Waals surface area contributed by atoms with E-state index in [0.717, 1.165) is 13.1 Å². The van der Waals surface area contributed by atoms with Gasteiger partial charge in [0.1, 0.15) is 0 Å². The van der Waals surface area contributed by atoms with Crippen molar-refractivity contribution in [2.75, 3.05) is 19.6 Å². The van der Waals surface area contributed by atoms with Crippen LogP contribution in [-0.2, 0) is 0 Å². The third-order valence-electron chi connectivity index (χ3n) is 3.16. The van der Waals surface area contributed by atoms with Crippen LogP contribution >= 0.6 is 11.6 Å². The molecule has 1 unspecified atom stereocenters. The number of nitrogens with one attached hydrogen (secondary N) is 1. The molecule has 1 N–H and O–H groups in total. The molecular formula is C12H14ClN3O3. The van der Waals surface area contributed by atoms with Gasteiger partial charge in [-0.3, -0.25) is 14.9 Å². The molecule has 2 rings (SSSR count). The monoisotopic (exact) mass is 283 g/mol. The lowest BCUT2D eigenvalue weighted by molar-refractivity contribution is -0.384. The molecular weight excluding hydrogens is 270 g/mol. The summed E-state index contributed by atoms with van der Waals surface area (Å²) in [7, 11) is 0. The molecule has 1 saturated heterocycles. The molecule has 1 aliphatic rings. The number of non-ortho nitro benzene ring substituents is 1. The SMILES string of the molecule is CC1CNCCN1C(=O)c1ccc([N+](=O)[O-])cc1Cl. The molecule has 102 valence electrons. The summed E-state index contributed by atoms with van der Waals surface area (Å²) >= 11 is 5.97. The Labute approximate surface area is 115 Å². The number of amides is 1. The molecule has 1 aliphatic heterocycles. The summed E-state index contributed by atoms with van der Waals surface area (Å²) in [6.07, 6.45) is 0. The first kappa shape index (κ1) is 13.8. The van der Waals surface area contributed by atoms with Crippen LogP contribution in [0.1, 0.15) is 17.3 Å². The highest BCUT2D eigenvalue weighted by molar-refractivity contribution is 6.34. The zero-order chi connectivity index (χ0) is 14.0. The minimum absolute atomic E-state index is 0.0764. The van der Waals surface area contributed by atoms with E-state index < -0.39 is 4.92 Å². The molecule has 1 heterocycles. The summed E-state index contributed by atoms with van der Waals surface area (Å²) in [5, 5.41) is 13.9. The van der Waals surface area contributed by atoms with Crippen molar-refractivity contribution in [2.45, 2.75) is 13.0 Å². The molecule has 1 fully saturated rings. The molecule has 0 spiro atoms. The number of hydrogen-bond donors (Lipinski definition) is 1. The Balaban J connectivity index is 2.26. The van der Waals surface area contributed by atoms with Gasteiger partial charge in [0, 0.05) is 37.8 Å². The van der Waals surface area contributed by atoms with Gasteiger partial charge in [0.15, 0.2) is 0 Å². The molecule has 0 aromatic heterocycles. The van der Waals surface area contributed by atoms with Gasteiger partial charge in [-0.25, -0.2) is 0 Å². The molecule has 19 heavy (non-hydrogen) atoms. The molecule has 1 aromatic rings. The van der Waals surface area contributed by atoms with Crippen LogP contribution in [0.2, 0.25) is 5.02 Å². The second-order valence-corrected chi connectivity index (χ2v) is 4.88. The van der Waals surface area contributed by atoms with Gasteiger partial charge < -0.3 is 10.2 Å². The summed E-state index contributed by atoms with van der Waals surface area (Å²) in [6.45, 7) is 4.02. The predicted octanol–water partition coefficient (Wildman–Crippen LogP) is 1.68. The van der Waals surface area contributed by atoms with Crippen molar-refractivity contribution in [2.24, 2.45) is 0 Å². The number of nitro groups is 1. The van der Waals surface area contributed by atoms with Crippen LogP contribution in [0.25, 0.3) is 0 Å². The largest absolute Gasteiger partial charge is 0.333 e. The van der Waals surface area contributed by atoms with Crippen molar-refractivity contribution in [3.8, 4) is 0 Å². The van der Waals surface area contributed by atoms with Gasteiger partial charge in [-0.2, -0.15) is 0 Å². The fourth-order valence-electron chi connectivity index (χ4n) is 2.09. The normalized spacial score (nSPS) is 19.3. The van der Waals surface area contributed by atoms with E-state index in [1.165, 1.54) is 18.2 Å². The number of nitrogens with zero attached hydrogens (tertiary/aromatic N) is 2. The van der Waals surface area contributed by atoms with Crippen LogP contribution in [0.5, 0.6) is 0 Å². The maximum atomic E-state index is 12.4. The molecule has 1 amide bonds. The Morgan fingerprint density at radius 1 is 1.58 bits per heavy atom. The van der Waals surface area contributed by atoms with E-state index >= 15 is 0 Å². The lowest BCUT2D eigenvalue weighted by atomic mass is 10.1. The summed E-state index contributed by atoms with van der Waals surface area (Å²) in [6, 6.07) is 4.00. The van der Waals surface area contributed by atoms with Crippen LogP contribution < -0.4 is 5.32 Å². The number of halogens is 1. The summed E-state index contributed by atoms with van der Waals surface area (Å²) in [4.78, 5) is 24.2. The number of benzene rings is 1. The summed E-state index contributed by atoms with van der Waals surface area (Å²) in [5.41, 5.74) is 0.191. The van der Waals surface area contributed by atoms with E-state index in [-0.39, 0.29) is 22.7 Å². The van der Waals surface area contributed by atoms with Gasteiger partial charge in [-0.1, -0.05) is 11.6 Å². The molecule has 0 aliphatic carbocycles. The highest BCUT2D eigenvalue weighted by Gasteiger charge is 2.26. The Hall–Kier alpha value is -1.66. The number of carbonyl (C=O) groups excluding carboxylic acids is 1. The Bertz CT molecular complexity index is 521. The van der Waals surface area contributed by atoms with Crippen molar-refractivity contribution in [3.05, 3.63) is 38.9 Å². The van der Waals surface area contributed by atoms with Crippen molar-refractivity contribution in [3.63, 3.8) is 0 Å². The van der Waals surface area contributed by atoms with Crippen LogP contribution in [0.15, 0.2) is 18.2 Å². The zero-order valence-corrected chi connectivity index (χ0v) is 11.2. The minimum Gasteiger partial charge on any atom is -0.333 e. The average Bonchev–Trinajstić information content (AvgIpc) is 2.38. The topological polar surface area (TPSA) is 75.5 Å². The van der Waals surface area contributed by atoms with E-state index in [9.17, 15) is 14.9 Å². The number of hydrogen-bond acceptors (Lipinski definition) is 4. The Morgan fingerprint density at radius 2 is 2.32 bits per heavy atom. The second kappa shape index (κ2) is 5.54. The van der Waals surface area contributed by atoms with E-state index in [1.54, 1.807) is 4.90 Å². The van der Waals surface area contributed by atoms with Gasteiger partial charge in [0.05, 0.1) is 15.5 Å². The van der Waals surface area contributed by atoms with E-state index in [4.69, 9.17) is 11.6 Å². The van der Waals surface area contributed by atoms with Gasteiger partial charge in [0.25, 0.3) is 11.6 Å². The van der Waals surface area contributed by atoms with Crippen molar-refractivity contribution in [1.82, 2.24) is 10.2 Å². The fourth-order valence-corrected chi connectivity index (χ4v) is 2.34.